The molecule has 1 saturated heterocycles. The van der Waals surface area contributed by atoms with Crippen molar-refractivity contribution in [3.05, 3.63) is 42.5 Å². The molecule has 1 aliphatic heterocycles. The van der Waals surface area contributed by atoms with Crippen molar-refractivity contribution in [3.8, 4) is 5.75 Å². The maximum absolute atomic E-state index is 9.33. The Bertz CT molecular complexity index is 364. The molecule has 1 heterocycles. The Morgan fingerprint density at radius 1 is 1.21 bits per heavy atom. The first-order valence-electron chi connectivity index (χ1n) is 6.16. The summed E-state index contributed by atoms with van der Waals surface area (Å²) in [6.45, 7) is 8.08. The monoisotopic (exact) mass is 304 g/mol. The zero-order chi connectivity index (χ0) is 12.1. The van der Waals surface area contributed by atoms with Gasteiger partial charge in [-0.05, 0) is 24.1 Å². The summed E-state index contributed by atoms with van der Waals surface area (Å²) in [5.41, 5.74) is 1.25. The first-order chi connectivity index (χ1) is 8.31. The Balaban J connectivity index is 0.00000162. The number of benzene rings is 1. The highest BCUT2D eigenvalue weighted by molar-refractivity contribution is 5.85. The quantitative estimate of drug-likeness (QED) is 0.840. The summed E-state index contributed by atoms with van der Waals surface area (Å²) in [4.78, 5) is 2.48. The third kappa shape index (κ3) is 5.03. The SMILES string of the molecule is C=CC[C@H](c1ccc(O)cc1)N1CCNCC1.Cl.Cl. The molecule has 2 N–H and O–H groups in total. The van der Waals surface area contributed by atoms with Crippen molar-refractivity contribution in [2.24, 2.45) is 0 Å². The molecule has 1 atom stereocenters. The lowest BCUT2D eigenvalue weighted by atomic mass is 10.0. The lowest BCUT2D eigenvalue weighted by molar-refractivity contribution is 0.174. The Labute approximate surface area is 127 Å². The van der Waals surface area contributed by atoms with Crippen LogP contribution in [0.3, 0.4) is 0 Å². The summed E-state index contributed by atoms with van der Waals surface area (Å²) >= 11 is 0. The molecule has 0 unspecified atom stereocenters. The molecule has 0 saturated carbocycles. The van der Waals surface area contributed by atoms with E-state index in [-0.39, 0.29) is 24.8 Å². The molecular formula is C14H22Cl2N2O. The molecule has 5 heteroatoms. The van der Waals surface area contributed by atoms with Crippen molar-refractivity contribution in [2.75, 3.05) is 26.2 Å². The molecule has 0 aliphatic carbocycles. The maximum Gasteiger partial charge on any atom is 0.115 e. The van der Waals surface area contributed by atoms with E-state index in [4.69, 9.17) is 0 Å². The summed E-state index contributed by atoms with van der Waals surface area (Å²) in [5, 5.41) is 12.7. The third-order valence-corrected chi connectivity index (χ3v) is 3.26. The van der Waals surface area contributed by atoms with Crippen molar-refractivity contribution in [3.63, 3.8) is 0 Å². The lowest BCUT2D eigenvalue weighted by Gasteiger charge is -2.34. The van der Waals surface area contributed by atoms with Crippen LogP contribution in [0.1, 0.15) is 18.0 Å². The van der Waals surface area contributed by atoms with Crippen LogP contribution in [0.25, 0.3) is 0 Å². The van der Waals surface area contributed by atoms with Crippen molar-refractivity contribution in [2.45, 2.75) is 12.5 Å². The summed E-state index contributed by atoms with van der Waals surface area (Å²) in [6.07, 6.45) is 2.92. The van der Waals surface area contributed by atoms with E-state index in [9.17, 15) is 5.11 Å². The predicted octanol–water partition coefficient (Wildman–Crippen LogP) is 2.76. The van der Waals surface area contributed by atoms with Gasteiger partial charge in [-0.3, -0.25) is 4.90 Å². The second kappa shape index (κ2) is 9.21. The molecule has 1 fully saturated rings. The number of piperazine rings is 1. The van der Waals surface area contributed by atoms with Gasteiger partial charge in [-0.1, -0.05) is 18.2 Å². The molecule has 108 valence electrons. The molecule has 0 aromatic heterocycles. The number of rotatable bonds is 4. The summed E-state index contributed by atoms with van der Waals surface area (Å²) in [5.74, 6) is 0.325. The van der Waals surface area contributed by atoms with Crippen LogP contribution in [0.15, 0.2) is 36.9 Å². The minimum Gasteiger partial charge on any atom is -0.508 e. The second-order valence-corrected chi connectivity index (χ2v) is 4.42. The molecule has 0 spiro atoms. The Morgan fingerprint density at radius 3 is 2.32 bits per heavy atom. The topological polar surface area (TPSA) is 35.5 Å². The number of hydrogen-bond acceptors (Lipinski definition) is 3. The van der Waals surface area contributed by atoms with Crippen LogP contribution in [0.2, 0.25) is 0 Å². The van der Waals surface area contributed by atoms with Gasteiger partial charge in [-0.25, -0.2) is 0 Å². The fourth-order valence-electron chi connectivity index (χ4n) is 2.34. The molecule has 0 amide bonds. The Kier molecular flexibility index (Phi) is 8.85. The highest BCUT2D eigenvalue weighted by Gasteiger charge is 2.20. The van der Waals surface area contributed by atoms with Gasteiger partial charge in [0.25, 0.3) is 0 Å². The number of hydrogen-bond donors (Lipinski definition) is 2. The summed E-state index contributed by atoms with van der Waals surface area (Å²) < 4.78 is 0. The fraction of sp³-hybridized carbons (Fsp3) is 0.429. The van der Waals surface area contributed by atoms with Gasteiger partial charge < -0.3 is 10.4 Å². The highest BCUT2D eigenvalue weighted by Crippen LogP contribution is 2.26. The van der Waals surface area contributed by atoms with Gasteiger partial charge in [0.2, 0.25) is 0 Å². The van der Waals surface area contributed by atoms with Crippen molar-refractivity contribution >= 4 is 24.8 Å². The molecule has 2 rings (SSSR count). The molecule has 1 aliphatic rings. The zero-order valence-electron chi connectivity index (χ0n) is 10.9. The number of phenolic OH excluding ortho intramolecular Hbond substituents is 1. The van der Waals surface area contributed by atoms with Gasteiger partial charge in [0.15, 0.2) is 0 Å². The van der Waals surface area contributed by atoms with E-state index in [0.717, 1.165) is 32.6 Å². The van der Waals surface area contributed by atoms with Gasteiger partial charge in [0, 0.05) is 32.2 Å². The summed E-state index contributed by atoms with van der Waals surface area (Å²) in [7, 11) is 0. The highest BCUT2D eigenvalue weighted by atomic mass is 35.5. The van der Waals surface area contributed by atoms with Crippen LogP contribution in [-0.2, 0) is 0 Å². The average molecular weight is 305 g/mol. The van der Waals surface area contributed by atoms with Crippen LogP contribution in [-0.4, -0.2) is 36.2 Å². The number of halogens is 2. The van der Waals surface area contributed by atoms with E-state index in [1.165, 1.54) is 5.56 Å². The van der Waals surface area contributed by atoms with Gasteiger partial charge in [-0.2, -0.15) is 0 Å². The first kappa shape index (κ1) is 18.3. The van der Waals surface area contributed by atoms with E-state index >= 15 is 0 Å². The number of nitrogens with zero attached hydrogens (tertiary/aromatic N) is 1. The van der Waals surface area contributed by atoms with E-state index in [1.54, 1.807) is 12.1 Å². The van der Waals surface area contributed by atoms with Crippen LogP contribution in [0.4, 0.5) is 0 Å². The fourth-order valence-corrected chi connectivity index (χ4v) is 2.34. The van der Waals surface area contributed by atoms with Crippen molar-refractivity contribution < 1.29 is 5.11 Å². The van der Waals surface area contributed by atoms with Gasteiger partial charge in [0.05, 0.1) is 0 Å². The number of nitrogens with one attached hydrogen (secondary N) is 1. The first-order valence-corrected chi connectivity index (χ1v) is 6.16. The average Bonchev–Trinajstić information content (AvgIpc) is 2.38. The van der Waals surface area contributed by atoms with E-state index in [1.807, 2.05) is 18.2 Å². The van der Waals surface area contributed by atoms with Gasteiger partial charge >= 0.3 is 0 Å². The van der Waals surface area contributed by atoms with Gasteiger partial charge in [0.1, 0.15) is 5.75 Å². The second-order valence-electron chi connectivity index (χ2n) is 4.42. The minimum absolute atomic E-state index is 0. The molecule has 1 aromatic rings. The van der Waals surface area contributed by atoms with Gasteiger partial charge in [-0.15, -0.1) is 31.4 Å². The third-order valence-electron chi connectivity index (χ3n) is 3.26. The van der Waals surface area contributed by atoms with E-state index in [2.05, 4.69) is 16.8 Å². The lowest BCUT2D eigenvalue weighted by Crippen LogP contribution is -2.45. The molecule has 19 heavy (non-hydrogen) atoms. The number of phenols is 1. The molecule has 3 nitrogen and oxygen atoms in total. The Morgan fingerprint density at radius 2 is 1.79 bits per heavy atom. The summed E-state index contributed by atoms with van der Waals surface area (Å²) in [6, 6.07) is 7.91. The van der Waals surface area contributed by atoms with Crippen LogP contribution >= 0.6 is 24.8 Å². The minimum atomic E-state index is 0. The van der Waals surface area contributed by atoms with Crippen LogP contribution < -0.4 is 5.32 Å². The molecule has 0 radical (unpaired) electrons. The van der Waals surface area contributed by atoms with Crippen LogP contribution in [0, 0.1) is 0 Å². The maximum atomic E-state index is 9.33. The largest absolute Gasteiger partial charge is 0.508 e. The molecule has 1 aromatic carbocycles. The van der Waals surface area contributed by atoms with Crippen LogP contribution in [0.5, 0.6) is 5.75 Å². The smallest absolute Gasteiger partial charge is 0.115 e. The standard InChI is InChI=1S/C14H20N2O.2ClH/c1-2-3-14(16-10-8-15-9-11-16)12-4-6-13(17)7-5-12;;/h2,4-7,14-15,17H,1,3,8-11H2;2*1H/t14-;;/m1../s1. The van der Waals surface area contributed by atoms with E-state index in [0.29, 0.717) is 11.8 Å². The zero-order valence-corrected chi connectivity index (χ0v) is 12.6. The normalized spacial score (nSPS) is 16.8. The molecule has 0 bridgehead atoms. The van der Waals surface area contributed by atoms with Crippen molar-refractivity contribution in [1.29, 1.82) is 0 Å². The Hall–Kier alpha value is -0.740. The molecular weight excluding hydrogens is 283 g/mol. The predicted molar refractivity (Wildman–Crippen MR) is 84.6 cm³/mol. The van der Waals surface area contributed by atoms with E-state index < -0.39 is 0 Å². The number of aromatic hydroxyl groups is 1. The van der Waals surface area contributed by atoms with Crippen molar-refractivity contribution in [1.82, 2.24) is 10.2 Å².